The molecule has 0 aliphatic carbocycles. The number of fused-ring (bicyclic) bond motifs is 1. The molecule has 0 amide bonds. The van der Waals surface area contributed by atoms with Crippen molar-refractivity contribution >= 4 is 29.1 Å². The van der Waals surface area contributed by atoms with E-state index in [0.717, 1.165) is 16.4 Å². The van der Waals surface area contributed by atoms with Gasteiger partial charge in [0.25, 0.3) is 0 Å². The lowest BCUT2D eigenvalue weighted by Crippen LogP contribution is -2.04. The van der Waals surface area contributed by atoms with Crippen LogP contribution in [-0.4, -0.2) is 27.2 Å². The minimum atomic E-state index is -0.306. The minimum Gasteiger partial charge on any atom is -0.462 e. The largest absolute Gasteiger partial charge is 0.462 e. The molecule has 0 saturated carbocycles. The summed E-state index contributed by atoms with van der Waals surface area (Å²) in [5.74, 6) is 0.364. The number of ether oxygens (including phenoxy) is 1. The standard InChI is InChI=1S/C16H16N4O2S/c1-2-22-15(21)12-5-3-4-11(8-12)10-23-16-19-18-14-7-6-13(17)9-20(14)16/h3-9H,2,10,17H2,1H3. The van der Waals surface area contributed by atoms with E-state index in [4.69, 9.17) is 10.5 Å². The van der Waals surface area contributed by atoms with Crippen molar-refractivity contribution in [1.29, 1.82) is 0 Å². The molecule has 23 heavy (non-hydrogen) atoms. The number of thioether (sulfide) groups is 1. The van der Waals surface area contributed by atoms with Crippen LogP contribution in [0.2, 0.25) is 0 Å². The molecular formula is C16H16N4O2S. The fourth-order valence-electron chi connectivity index (χ4n) is 2.14. The maximum atomic E-state index is 11.8. The first kappa shape index (κ1) is 15.4. The fraction of sp³-hybridized carbons (Fsp3) is 0.188. The highest BCUT2D eigenvalue weighted by atomic mass is 32.2. The molecule has 0 aliphatic rings. The highest BCUT2D eigenvalue weighted by Gasteiger charge is 2.09. The second kappa shape index (κ2) is 6.70. The van der Waals surface area contributed by atoms with Crippen molar-refractivity contribution in [2.75, 3.05) is 12.3 Å². The highest BCUT2D eigenvalue weighted by molar-refractivity contribution is 7.98. The topological polar surface area (TPSA) is 82.5 Å². The molecule has 0 atom stereocenters. The maximum Gasteiger partial charge on any atom is 0.338 e. The Hall–Kier alpha value is -2.54. The number of carbonyl (C=O) groups excluding carboxylic acids is 1. The SMILES string of the molecule is CCOC(=O)c1cccc(CSc2nnc3ccc(N)cn23)c1. The van der Waals surface area contributed by atoms with Crippen LogP contribution in [0.25, 0.3) is 5.65 Å². The quantitative estimate of drug-likeness (QED) is 0.573. The van der Waals surface area contributed by atoms with Crippen LogP contribution < -0.4 is 5.73 Å². The number of nitrogens with zero attached hydrogens (tertiary/aromatic N) is 3. The average Bonchev–Trinajstić information content (AvgIpc) is 2.95. The lowest BCUT2D eigenvalue weighted by atomic mass is 10.1. The molecule has 1 aromatic carbocycles. The molecule has 7 heteroatoms. The van der Waals surface area contributed by atoms with Gasteiger partial charge in [0.05, 0.1) is 12.2 Å². The molecule has 2 heterocycles. The monoisotopic (exact) mass is 328 g/mol. The summed E-state index contributed by atoms with van der Waals surface area (Å²) in [6, 6.07) is 11.0. The second-order valence-corrected chi connectivity index (χ2v) is 5.83. The van der Waals surface area contributed by atoms with E-state index in [1.807, 2.05) is 28.7 Å². The lowest BCUT2D eigenvalue weighted by molar-refractivity contribution is 0.0526. The number of anilines is 1. The van der Waals surface area contributed by atoms with Crippen LogP contribution in [0.15, 0.2) is 47.8 Å². The molecule has 3 aromatic rings. The number of hydrogen-bond donors (Lipinski definition) is 1. The predicted octanol–water partition coefficient (Wildman–Crippen LogP) is 2.78. The number of rotatable bonds is 5. The summed E-state index contributed by atoms with van der Waals surface area (Å²) in [7, 11) is 0. The molecular weight excluding hydrogens is 312 g/mol. The molecule has 0 bridgehead atoms. The predicted molar refractivity (Wildman–Crippen MR) is 89.4 cm³/mol. The van der Waals surface area contributed by atoms with Gasteiger partial charge in [0.1, 0.15) is 0 Å². The fourth-order valence-corrected chi connectivity index (χ4v) is 2.99. The first-order valence-electron chi connectivity index (χ1n) is 7.16. The van der Waals surface area contributed by atoms with E-state index in [9.17, 15) is 4.79 Å². The van der Waals surface area contributed by atoms with Gasteiger partial charge in [0.15, 0.2) is 10.8 Å². The Labute approximate surface area is 137 Å². The molecule has 118 valence electrons. The maximum absolute atomic E-state index is 11.8. The number of benzene rings is 1. The molecule has 2 N–H and O–H groups in total. The third-order valence-corrected chi connectivity index (χ3v) is 4.21. The van der Waals surface area contributed by atoms with Gasteiger partial charge >= 0.3 is 5.97 Å². The number of nitrogens with two attached hydrogens (primary N) is 1. The first-order chi connectivity index (χ1) is 11.2. The average molecular weight is 328 g/mol. The molecule has 6 nitrogen and oxygen atoms in total. The second-order valence-electron chi connectivity index (χ2n) is 4.88. The molecule has 0 unspecified atom stereocenters. The molecule has 0 radical (unpaired) electrons. The van der Waals surface area contributed by atoms with Gasteiger partial charge in [0.2, 0.25) is 0 Å². The minimum absolute atomic E-state index is 0.306. The molecule has 3 rings (SSSR count). The lowest BCUT2D eigenvalue weighted by Gasteiger charge is -2.05. The van der Waals surface area contributed by atoms with E-state index >= 15 is 0 Å². The van der Waals surface area contributed by atoms with Gasteiger partial charge in [-0.25, -0.2) is 4.79 Å². The third-order valence-electron chi connectivity index (χ3n) is 3.20. The van der Waals surface area contributed by atoms with Gasteiger partial charge in [0, 0.05) is 17.6 Å². The molecule has 0 aliphatic heterocycles. The van der Waals surface area contributed by atoms with E-state index < -0.39 is 0 Å². The van der Waals surface area contributed by atoms with E-state index in [2.05, 4.69) is 10.2 Å². The van der Waals surface area contributed by atoms with Crippen molar-refractivity contribution in [2.24, 2.45) is 0 Å². The van der Waals surface area contributed by atoms with Crippen LogP contribution >= 0.6 is 11.8 Å². The molecule has 0 spiro atoms. The van der Waals surface area contributed by atoms with E-state index in [0.29, 0.717) is 23.6 Å². The summed E-state index contributed by atoms with van der Waals surface area (Å²) in [6.07, 6.45) is 1.80. The first-order valence-corrected chi connectivity index (χ1v) is 8.15. The summed E-state index contributed by atoms with van der Waals surface area (Å²) in [4.78, 5) is 11.8. The number of nitrogen functional groups attached to an aromatic ring is 1. The van der Waals surface area contributed by atoms with Gasteiger partial charge in [-0.3, -0.25) is 4.40 Å². The van der Waals surface area contributed by atoms with Crippen molar-refractivity contribution in [1.82, 2.24) is 14.6 Å². The van der Waals surface area contributed by atoms with Gasteiger partial charge in [-0.05, 0) is 36.8 Å². The van der Waals surface area contributed by atoms with Crippen LogP contribution in [0.1, 0.15) is 22.8 Å². The zero-order chi connectivity index (χ0) is 16.2. The number of pyridine rings is 1. The van der Waals surface area contributed by atoms with E-state index in [1.54, 1.807) is 25.3 Å². The van der Waals surface area contributed by atoms with Crippen molar-refractivity contribution < 1.29 is 9.53 Å². The van der Waals surface area contributed by atoms with Gasteiger partial charge in [-0.15, -0.1) is 10.2 Å². The Morgan fingerprint density at radius 2 is 2.17 bits per heavy atom. The zero-order valence-corrected chi connectivity index (χ0v) is 13.4. The molecule has 0 fully saturated rings. The van der Waals surface area contributed by atoms with Crippen LogP contribution in [-0.2, 0) is 10.5 Å². The van der Waals surface area contributed by atoms with Gasteiger partial charge in [-0.1, -0.05) is 23.9 Å². The smallest absolute Gasteiger partial charge is 0.338 e. The molecule has 2 aromatic heterocycles. The summed E-state index contributed by atoms with van der Waals surface area (Å²) in [6.45, 7) is 2.16. The Morgan fingerprint density at radius 3 is 3.00 bits per heavy atom. The number of aromatic nitrogens is 3. The Balaban J connectivity index is 1.76. The van der Waals surface area contributed by atoms with E-state index in [-0.39, 0.29) is 5.97 Å². The van der Waals surface area contributed by atoms with Crippen LogP contribution in [0.5, 0.6) is 0 Å². The molecule has 0 saturated heterocycles. The van der Waals surface area contributed by atoms with Crippen molar-refractivity contribution in [3.05, 3.63) is 53.7 Å². The normalized spacial score (nSPS) is 10.8. The van der Waals surface area contributed by atoms with Crippen LogP contribution in [0, 0.1) is 0 Å². The Kier molecular flexibility index (Phi) is 4.47. The summed E-state index contributed by atoms with van der Waals surface area (Å²) in [5.41, 5.74) is 8.78. The van der Waals surface area contributed by atoms with Crippen molar-refractivity contribution in [2.45, 2.75) is 17.8 Å². The number of carbonyl (C=O) groups is 1. The Bertz CT molecular complexity index is 847. The Morgan fingerprint density at radius 1 is 1.30 bits per heavy atom. The highest BCUT2D eigenvalue weighted by Crippen LogP contribution is 2.23. The van der Waals surface area contributed by atoms with Crippen molar-refractivity contribution in [3.8, 4) is 0 Å². The summed E-state index contributed by atoms with van der Waals surface area (Å²) < 4.78 is 6.87. The third kappa shape index (κ3) is 3.45. The number of hydrogen-bond acceptors (Lipinski definition) is 6. The van der Waals surface area contributed by atoms with Gasteiger partial charge < -0.3 is 10.5 Å². The summed E-state index contributed by atoms with van der Waals surface area (Å²) >= 11 is 1.53. The van der Waals surface area contributed by atoms with Gasteiger partial charge in [-0.2, -0.15) is 0 Å². The summed E-state index contributed by atoms with van der Waals surface area (Å²) in [5, 5.41) is 9.03. The number of esters is 1. The zero-order valence-electron chi connectivity index (χ0n) is 12.6. The van der Waals surface area contributed by atoms with Crippen LogP contribution in [0.3, 0.4) is 0 Å². The van der Waals surface area contributed by atoms with Crippen molar-refractivity contribution in [3.63, 3.8) is 0 Å². The van der Waals surface area contributed by atoms with E-state index in [1.165, 1.54) is 11.8 Å². The van der Waals surface area contributed by atoms with Crippen LogP contribution in [0.4, 0.5) is 5.69 Å².